The average molecular weight is 258 g/mol. The molecule has 0 aliphatic carbocycles. The van der Waals surface area contributed by atoms with Crippen molar-refractivity contribution in [2.75, 3.05) is 5.32 Å². The molecule has 0 saturated heterocycles. The summed E-state index contributed by atoms with van der Waals surface area (Å²) >= 11 is 5.85. The largest absolute Gasteiger partial charge is 0.352 e. The second-order valence-corrected chi connectivity index (χ2v) is 4.04. The first-order valence-corrected chi connectivity index (χ1v) is 5.63. The Morgan fingerprint density at radius 3 is 2.61 bits per heavy atom. The van der Waals surface area contributed by atoms with Crippen LogP contribution in [0.2, 0.25) is 5.15 Å². The molecule has 0 radical (unpaired) electrons. The Labute approximate surface area is 108 Å². The van der Waals surface area contributed by atoms with Gasteiger partial charge in [0.2, 0.25) is 0 Å². The predicted octanol–water partition coefficient (Wildman–Crippen LogP) is 2.82. The summed E-state index contributed by atoms with van der Waals surface area (Å²) in [5.74, 6) is 0. The smallest absolute Gasteiger partial charge is 0.129 e. The lowest BCUT2D eigenvalue weighted by Gasteiger charge is -2.05. The molecule has 6 heteroatoms. The van der Waals surface area contributed by atoms with Gasteiger partial charge in [-0.25, -0.2) is 15.0 Å². The Hall–Kier alpha value is -2.27. The normalized spacial score (nSPS) is 10.5. The topological polar surface area (TPSA) is 63.6 Å². The lowest BCUT2D eigenvalue weighted by atomic mass is 10.3. The first-order valence-electron chi connectivity index (χ1n) is 5.25. The van der Waals surface area contributed by atoms with Crippen molar-refractivity contribution in [1.29, 1.82) is 0 Å². The van der Waals surface area contributed by atoms with Crippen LogP contribution in [0.4, 0.5) is 11.4 Å². The molecule has 5 nitrogen and oxygen atoms in total. The van der Waals surface area contributed by atoms with Crippen molar-refractivity contribution >= 4 is 34.0 Å². The minimum absolute atomic E-state index is 0.449. The van der Waals surface area contributed by atoms with Crippen LogP contribution in [-0.2, 0) is 0 Å². The standard InChI is InChI=1S/C12H8ClN5/c13-12-2-1-10-11(18-12)3-8(6-16-10)17-9-4-14-7-15-5-9/h1-7,17H. The third-order valence-corrected chi connectivity index (χ3v) is 2.56. The Kier molecular flexibility index (Phi) is 2.74. The van der Waals surface area contributed by atoms with E-state index >= 15 is 0 Å². The van der Waals surface area contributed by atoms with Crippen LogP contribution in [0.25, 0.3) is 11.0 Å². The van der Waals surface area contributed by atoms with Crippen molar-refractivity contribution in [3.63, 3.8) is 0 Å². The zero-order chi connectivity index (χ0) is 12.4. The number of hydrogen-bond donors (Lipinski definition) is 1. The Balaban J connectivity index is 1.98. The molecule has 3 heterocycles. The monoisotopic (exact) mass is 257 g/mol. The van der Waals surface area contributed by atoms with Crippen molar-refractivity contribution in [3.8, 4) is 0 Å². The van der Waals surface area contributed by atoms with E-state index in [4.69, 9.17) is 11.6 Å². The highest BCUT2D eigenvalue weighted by atomic mass is 35.5. The van der Waals surface area contributed by atoms with Gasteiger partial charge in [0.25, 0.3) is 0 Å². The Morgan fingerprint density at radius 1 is 0.944 bits per heavy atom. The molecule has 0 saturated carbocycles. The number of rotatable bonds is 2. The first kappa shape index (κ1) is 10.9. The molecule has 3 aromatic rings. The highest BCUT2D eigenvalue weighted by Crippen LogP contribution is 2.19. The second-order valence-electron chi connectivity index (χ2n) is 3.65. The van der Waals surface area contributed by atoms with Gasteiger partial charge in [-0.05, 0) is 18.2 Å². The predicted molar refractivity (Wildman–Crippen MR) is 69.9 cm³/mol. The maximum absolute atomic E-state index is 5.85. The molecular formula is C12H8ClN5. The van der Waals surface area contributed by atoms with Gasteiger partial charge in [0.05, 0.1) is 41.0 Å². The highest BCUT2D eigenvalue weighted by Gasteiger charge is 2.01. The van der Waals surface area contributed by atoms with Gasteiger partial charge in [-0.2, -0.15) is 0 Å². The van der Waals surface area contributed by atoms with Crippen LogP contribution in [-0.4, -0.2) is 19.9 Å². The van der Waals surface area contributed by atoms with Crippen molar-refractivity contribution in [1.82, 2.24) is 19.9 Å². The molecule has 88 valence electrons. The van der Waals surface area contributed by atoms with Crippen LogP contribution >= 0.6 is 11.6 Å². The van der Waals surface area contributed by atoms with Crippen LogP contribution in [0.1, 0.15) is 0 Å². The molecule has 0 atom stereocenters. The van der Waals surface area contributed by atoms with Crippen LogP contribution in [0.3, 0.4) is 0 Å². The fourth-order valence-corrected chi connectivity index (χ4v) is 1.73. The van der Waals surface area contributed by atoms with Crippen LogP contribution in [0, 0.1) is 0 Å². The average Bonchev–Trinajstić information content (AvgIpc) is 2.39. The zero-order valence-electron chi connectivity index (χ0n) is 9.21. The van der Waals surface area contributed by atoms with E-state index in [1.807, 2.05) is 12.1 Å². The molecule has 1 N–H and O–H groups in total. The van der Waals surface area contributed by atoms with E-state index in [2.05, 4.69) is 25.3 Å². The van der Waals surface area contributed by atoms with E-state index in [0.717, 1.165) is 22.4 Å². The number of nitrogens with one attached hydrogen (secondary N) is 1. The van der Waals surface area contributed by atoms with Crippen LogP contribution < -0.4 is 5.32 Å². The quantitative estimate of drug-likeness (QED) is 0.715. The van der Waals surface area contributed by atoms with Gasteiger partial charge in [0, 0.05) is 0 Å². The maximum atomic E-state index is 5.85. The molecule has 0 amide bonds. The number of hydrogen-bond acceptors (Lipinski definition) is 5. The number of halogens is 1. The van der Waals surface area contributed by atoms with E-state index in [9.17, 15) is 0 Å². The van der Waals surface area contributed by atoms with Gasteiger partial charge in [0.15, 0.2) is 0 Å². The van der Waals surface area contributed by atoms with Crippen molar-refractivity contribution in [2.45, 2.75) is 0 Å². The fourth-order valence-electron chi connectivity index (χ4n) is 1.58. The van der Waals surface area contributed by atoms with Crippen molar-refractivity contribution < 1.29 is 0 Å². The summed E-state index contributed by atoms with van der Waals surface area (Å²) in [5.41, 5.74) is 3.14. The van der Waals surface area contributed by atoms with Crippen LogP contribution in [0.15, 0.2) is 43.1 Å². The molecule has 0 fully saturated rings. The van der Waals surface area contributed by atoms with Crippen molar-refractivity contribution in [3.05, 3.63) is 48.3 Å². The fraction of sp³-hybridized carbons (Fsp3) is 0. The lowest BCUT2D eigenvalue weighted by Crippen LogP contribution is -1.93. The maximum Gasteiger partial charge on any atom is 0.129 e. The summed E-state index contributed by atoms with van der Waals surface area (Å²) in [4.78, 5) is 16.4. The van der Waals surface area contributed by atoms with E-state index in [1.165, 1.54) is 6.33 Å². The molecule has 0 spiro atoms. The van der Waals surface area contributed by atoms with Gasteiger partial charge in [-0.15, -0.1) is 0 Å². The van der Waals surface area contributed by atoms with Crippen LogP contribution in [0.5, 0.6) is 0 Å². The van der Waals surface area contributed by atoms with E-state index in [1.54, 1.807) is 24.7 Å². The van der Waals surface area contributed by atoms with Gasteiger partial charge in [0.1, 0.15) is 11.5 Å². The second kappa shape index (κ2) is 4.54. The zero-order valence-corrected chi connectivity index (χ0v) is 9.96. The SMILES string of the molecule is Clc1ccc2ncc(Nc3cncnc3)cc2n1. The summed E-state index contributed by atoms with van der Waals surface area (Å²) < 4.78 is 0. The van der Waals surface area contributed by atoms with Gasteiger partial charge < -0.3 is 5.32 Å². The van der Waals surface area contributed by atoms with E-state index < -0.39 is 0 Å². The highest BCUT2D eigenvalue weighted by molar-refractivity contribution is 6.29. The number of pyridine rings is 2. The Morgan fingerprint density at radius 2 is 1.78 bits per heavy atom. The van der Waals surface area contributed by atoms with E-state index in [0.29, 0.717) is 5.15 Å². The molecule has 0 bridgehead atoms. The summed E-state index contributed by atoms with van der Waals surface area (Å²) in [6.07, 6.45) is 6.57. The molecule has 0 aliphatic rings. The minimum atomic E-state index is 0.449. The first-order chi connectivity index (χ1) is 8.81. The molecule has 0 aromatic carbocycles. The summed E-state index contributed by atoms with van der Waals surface area (Å²) in [5, 5.41) is 3.59. The number of anilines is 2. The molecule has 3 aromatic heterocycles. The van der Waals surface area contributed by atoms with Gasteiger partial charge in [-0.3, -0.25) is 4.98 Å². The molecule has 3 rings (SSSR count). The van der Waals surface area contributed by atoms with Crippen molar-refractivity contribution in [2.24, 2.45) is 0 Å². The van der Waals surface area contributed by atoms with E-state index in [-0.39, 0.29) is 0 Å². The number of nitrogens with zero attached hydrogens (tertiary/aromatic N) is 4. The lowest BCUT2D eigenvalue weighted by molar-refractivity contribution is 1.17. The summed E-state index contributed by atoms with van der Waals surface area (Å²) in [6.45, 7) is 0. The number of fused-ring (bicyclic) bond motifs is 1. The molecule has 0 unspecified atom stereocenters. The minimum Gasteiger partial charge on any atom is -0.352 e. The summed E-state index contributed by atoms with van der Waals surface area (Å²) in [7, 11) is 0. The number of aromatic nitrogens is 4. The Bertz CT molecular complexity index is 686. The summed E-state index contributed by atoms with van der Waals surface area (Å²) in [6, 6.07) is 5.43. The van der Waals surface area contributed by atoms with Gasteiger partial charge >= 0.3 is 0 Å². The van der Waals surface area contributed by atoms with Gasteiger partial charge in [-0.1, -0.05) is 11.6 Å². The third-order valence-electron chi connectivity index (χ3n) is 2.35. The molecular weight excluding hydrogens is 250 g/mol. The molecule has 18 heavy (non-hydrogen) atoms. The molecule has 0 aliphatic heterocycles. The third kappa shape index (κ3) is 2.21.